The fourth-order valence-electron chi connectivity index (χ4n) is 3.91. The maximum Gasteiger partial charge on any atom is 0.269 e. The van der Waals surface area contributed by atoms with Gasteiger partial charge in [-0.2, -0.15) is 4.31 Å². The van der Waals surface area contributed by atoms with Crippen molar-refractivity contribution in [2.75, 3.05) is 26.2 Å². The van der Waals surface area contributed by atoms with E-state index in [0.717, 1.165) is 25.0 Å². The van der Waals surface area contributed by atoms with Crippen molar-refractivity contribution in [2.24, 2.45) is 5.16 Å². The van der Waals surface area contributed by atoms with E-state index >= 15 is 0 Å². The molecule has 1 aromatic carbocycles. The number of hydrogen-bond acceptors (Lipinski definition) is 6. The molecule has 0 bridgehead atoms. The van der Waals surface area contributed by atoms with Crippen LogP contribution in [0.1, 0.15) is 31.2 Å². The molecule has 1 N–H and O–H groups in total. The molecule has 152 valence electrons. The molecule has 1 aromatic rings. The van der Waals surface area contributed by atoms with Crippen LogP contribution in [-0.2, 0) is 24.4 Å². The highest BCUT2D eigenvalue weighted by Crippen LogP contribution is 2.36. The molecule has 0 aromatic heterocycles. The molecule has 8 nitrogen and oxygen atoms in total. The lowest BCUT2D eigenvalue weighted by Crippen LogP contribution is -2.40. The summed E-state index contributed by atoms with van der Waals surface area (Å²) in [5.41, 5.74) is 0.446. The number of amides is 1. The van der Waals surface area contributed by atoms with Gasteiger partial charge in [0, 0.05) is 32.5 Å². The van der Waals surface area contributed by atoms with Gasteiger partial charge in [0.15, 0.2) is 5.60 Å². The van der Waals surface area contributed by atoms with E-state index < -0.39 is 15.6 Å². The van der Waals surface area contributed by atoms with Gasteiger partial charge in [0.05, 0.1) is 17.5 Å². The number of benzene rings is 1. The monoisotopic (exact) mass is 407 g/mol. The van der Waals surface area contributed by atoms with Crippen LogP contribution < -0.4 is 5.32 Å². The predicted octanol–water partition coefficient (Wildman–Crippen LogP) is 1.20. The van der Waals surface area contributed by atoms with Crippen LogP contribution in [0.4, 0.5) is 0 Å². The number of hydrogen-bond donors (Lipinski definition) is 1. The second-order valence-corrected chi connectivity index (χ2v) is 9.68. The number of nitrogens with zero attached hydrogens (tertiary/aromatic N) is 2. The molecule has 3 aliphatic heterocycles. The van der Waals surface area contributed by atoms with Crippen LogP contribution in [0.25, 0.3) is 0 Å². The summed E-state index contributed by atoms with van der Waals surface area (Å²) in [6, 6.07) is 6.86. The van der Waals surface area contributed by atoms with E-state index in [9.17, 15) is 13.2 Å². The van der Waals surface area contributed by atoms with Crippen LogP contribution >= 0.6 is 0 Å². The smallest absolute Gasteiger partial charge is 0.269 e. The van der Waals surface area contributed by atoms with Gasteiger partial charge < -0.3 is 14.9 Å². The maximum absolute atomic E-state index is 12.9. The molecule has 0 unspecified atom stereocenters. The Morgan fingerprint density at radius 3 is 3.04 bits per heavy atom. The van der Waals surface area contributed by atoms with Gasteiger partial charge in [-0.05, 0) is 37.5 Å². The second-order valence-electron chi connectivity index (χ2n) is 7.74. The molecule has 2 atom stereocenters. The zero-order valence-electron chi connectivity index (χ0n) is 15.9. The molecule has 0 saturated carbocycles. The van der Waals surface area contributed by atoms with E-state index in [1.165, 1.54) is 4.31 Å². The van der Waals surface area contributed by atoms with Gasteiger partial charge in [-0.3, -0.25) is 4.79 Å². The first-order valence-corrected chi connectivity index (χ1v) is 11.0. The lowest BCUT2D eigenvalue weighted by Gasteiger charge is -2.21. The molecule has 4 rings (SSSR count). The summed E-state index contributed by atoms with van der Waals surface area (Å²) in [7, 11) is -3.60. The molecule has 2 fully saturated rings. The highest BCUT2D eigenvalue weighted by molar-refractivity contribution is 7.89. The van der Waals surface area contributed by atoms with E-state index in [-0.39, 0.29) is 23.5 Å². The summed E-state index contributed by atoms with van der Waals surface area (Å²) in [5, 5.41) is 6.80. The highest BCUT2D eigenvalue weighted by atomic mass is 32.2. The van der Waals surface area contributed by atoms with Crippen molar-refractivity contribution in [3.05, 3.63) is 29.8 Å². The molecule has 9 heteroatoms. The summed E-state index contributed by atoms with van der Waals surface area (Å²) in [6.07, 6.45) is 2.83. The maximum atomic E-state index is 12.9. The fourth-order valence-corrected chi connectivity index (χ4v) is 5.53. The Morgan fingerprint density at radius 1 is 1.43 bits per heavy atom. The van der Waals surface area contributed by atoms with Gasteiger partial charge in [0.25, 0.3) is 5.91 Å². The number of aryl methyl sites for hydroxylation is 1. The van der Waals surface area contributed by atoms with Gasteiger partial charge in [0.2, 0.25) is 10.0 Å². The Hall–Kier alpha value is -1.97. The summed E-state index contributed by atoms with van der Waals surface area (Å²) in [5.74, 6) is -0.271. The third-order valence-corrected chi connectivity index (χ3v) is 7.37. The molecule has 0 radical (unpaired) electrons. The van der Waals surface area contributed by atoms with Gasteiger partial charge in [-0.1, -0.05) is 17.3 Å². The number of carbonyl (C=O) groups is 1. The first-order valence-electron chi connectivity index (χ1n) is 9.60. The molecular weight excluding hydrogens is 382 g/mol. The lowest BCUT2D eigenvalue weighted by atomic mass is 9.96. The average Bonchev–Trinajstić information content (AvgIpc) is 3.42. The topological polar surface area (TPSA) is 97.3 Å². The standard InChI is InChI=1S/C19H25N3O5S/c1-14-4-2-6-16(10-14)28(24,25)22-8-7-19(13-22)11-17(21-27-19)18(23)20-12-15-5-3-9-26-15/h2,4,6,10,15H,3,5,7-9,11-13H2,1H3,(H,20,23)/t15-,19-/m0/s1. The van der Waals surface area contributed by atoms with Crippen LogP contribution in [0.15, 0.2) is 34.3 Å². The van der Waals surface area contributed by atoms with Gasteiger partial charge >= 0.3 is 0 Å². The third-order valence-electron chi connectivity index (χ3n) is 5.52. The number of nitrogens with one attached hydrogen (secondary N) is 1. The van der Waals surface area contributed by atoms with Gasteiger partial charge in [-0.25, -0.2) is 8.42 Å². The minimum Gasteiger partial charge on any atom is -0.387 e. The van der Waals surface area contributed by atoms with E-state index in [0.29, 0.717) is 31.6 Å². The van der Waals surface area contributed by atoms with Crippen LogP contribution in [-0.4, -0.2) is 62.3 Å². The Labute approximate surface area is 164 Å². The summed E-state index contributed by atoms with van der Waals surface area (Å²) < 4.78 is 32.8. The molecule has 2 saturated heterocycles. The van der Waals surface area contributed by atoms with Crippen LogP contribution in [0.5, 0.6) is 0 Å². The molecule has 1 amide bonds. The molecule has 1 spiro atoms. The Kier molecular flexibility index (Phi) is 5.15. The van der Waals surface area contributed by atoms with E-state index in [2.05, 4.69) is 10.5 Å². The summed E-state index contributed by atoms with van der Waals surface area (Å²) in [6.45, 7) is 3.59. The zero-order valence-corrected chi connectivity index (χ0v) is 16.7. The Morgan fingerprint density at radius 2 is 2.29 bits per heavy atom. The first kappa shape index (κ1) is 19.4. The lowest BCUT2D eigenvalue weighted by molar-refractivity contribution is -0.115. The van der Waals surface area contributed by atoms with Crippen molar-refractivity contribution in [1.82, 2.24) is 9.62 Å². The number of carbonyl (C=O) groups excluding carboxylic acids is 1. The van der Waals surface area contributed by atoms with E-state index in [1.54, 1.807) is 18.2 Å². The molecule has 0 aliphatic carbocycles. The normalized spacial score (nSPS) is 27.8. The molecule has 28 heavy (non-hydrogen) atoms. The largest absolute Gasteiger partial charge is 0.387 e. The summed E-state index contributed by atoms with van der Waals surface area (Å²) in [4.78, 5) is 18.2. The van der Waals surface area contributed by atoms with Crippen LogP contribution in [0, 0.1) is 6.92 Å². The van der Waals surface area contributed by atoms with Crippen molar-refractivity contribution in [2.45, 2.75) is 49.2 Å². The Bertz CT molecular complexity index is 895. The van der Waals surface area contributed by atoms with Crippen molar-refractivity contribution in [3.63, 3.8) is 0 Å². The third kappa shape index (κ3) is 3.78. The van der Waals surface area contributed by atoms with Crippen LogP contribution in [0.2, 0.25) is 0 Å². The Balaban J connectivity index is 1.37. The average molecular weight is 407 g/mol. The predicted molar refractivity (Wildman–Crippen MR) is 102 cm³/mol. The minimum atomic E-state index is -3.60. The van der Waals surface area contributed by atoms with Gasteiger partial charge in [0.1, 0.15) is 5.71 Å². The minimum absolute atomic E-state index is 0.0577. The quantitative estimate of drug-likeness (QED) is 0.791. The summed E-state index contributed by atoms with van der Waals surface area (Å²) >= 11 is 0. The SMILES string of the molecule is Cc1cccc(S(=O)(=O)N2CC[C@]3(CC(C(=O)NC[C@@H]4CCCO4)=NO3)C2)c1. The fraction of sp³-hybridized carbons (Fsp3) is 0.579. The number of ether oxygens (including phenoxy) is 1. The van der Waals surface area contributed by atoms with Crippen molar-refractivity contribution < 1.29 is 22.8 Å². The van der Waals surface area contributed by atoms with Crippen molar-refractivity contribution >= 4 is 21.6 Å². The molecule has 3 heterocycles. The van der Waals surface area contributed by atoms with Crippen molar-refractivity contribution in [1.29, 1.82) is 0 Å². The van der Waals surface area contributed by atoms with E-state index in [1.807, 2.05) is 13.0 Å². The van der Waals surface area contributed by atoms with Crippen molar-refractivity contribution in [3.8, 4) is 0 Å². The van der Waals surface area contributed by atoms with Crippen LogP contribution in [0.3, 0.4) is 0 Å². The number of rotatable bonds is 5. The van der Waals surface area contributed by atoms with E-state index in [4.69, 9.17) is 9.57 Å². The van der Waals surface area contributed by atoms with Gasteiger partial charge in [-0.15, -0.1) is 0 Å². The first-order chi connectivity index (χ1) is 13.4. The molecular formula is C19H25N3O5S. The number of oxime groups is 1. The number of sulfonamides is 1. The second kappa shape index (κ2) is 7.46. The highest BCUT2D eigenvalue weighted by Gasteiger charge is 2.49. The zero-order chi connectivity index (χ0) is 19.8. The molecule has 3 aliphatic rings.